The predicted molar refractivity (Wildman–Crippen MR) is 105 cm³/mol. The third-order valence-corrected chi connectivity index (χ3v) is 5.64. The Hall–Kier alpha value is -1.68. The van der Waals surface area contributed by atoms with Gasteiger partial charge in [0.2, 0.25) is 0 Å². The van der Waals surface area contributed by atoms with Crippen molar-refractivity contribution in [1.82, 2.24) is 15.6 Å². The molecule has 0 spiro atoms. The topological polar surface area (TPSA) is 110 Å². The van der Waals surface area contributed by atoms with Gasteiger partial charge < -0.3 is 15.4 Å². The zero-order valence-corrected chi connectivity index (χ0v) is 17.6. The summed E-state index contributed by atoms with van der Waals surface area (Å²) in [6, 6.07) is -0.158. The van der Waals surface area contributed by atoms with E-state index in [-0.39, 0.29) is 17.8 Å². The zero-order valence-electron chi connectivity index (χ0n) is 16.0. The molecule has 1 rings (SSSR count). The second-order valence-corrected chi connectivity index (χ2v) is 9.09. The van der Waals surface area contributed by atoms with Gasteiger partial charge in [-0.1, -0.05) is 0 Å². The van der Waals surface area contributed by atoms with Crippen molar-refractivity contribution in [2.45, 2.75) is 40.2 Å². The van der Waals surface area contributed by atoms with Gasteiger partial charge in [-0.15, -0.1) is 11.3 Å². The summed E-state index contributed by atoms with van der Waals surface area (Å²) in [5, 5.41) is 7.11. The van der Waals surface area contributed by atoms with Crippen LogP contribution in [0.5, 0.6) is 0 Å². The molecule has 1 unspecified atom stereocenters. The maximum atomic E-state index is 11.9. The van der Waals surface area contributed by atoms with E-state index in [0.29, 0.717) is 42.6 Å². The first-order valence-corrected chi connectivity index (χ1v) is 11.4. The Morgan fingerprint density at radius 2 is 2.08 bits per heavy atom. The molecule has 0 aliphatic heterocycles. The number of nitrogens with one attached hydrogen (secondary N) is 2. The van der Waals surface area contributed by atoms with E-state index in [1.54, 1.807) is 13.8 Å². The molecule has 1 aromatic rings. The van der Waals surface area contributed by atoms with Crippen molar-refractivity contribution in [2.75, 3.05) is 31.7 Å². The number of thiazole rings is 1. The fraction of sp³-hybridized carbons (Fsp3) is 0.688. The van der Waals surface area contributed by atoms with Crippen LogP contribution in [0.4, 0.5) is 0 Å². The lowest BCUT2D eigenvalue weighted by atomic mass is 10.3. The van der Waals surface area contributed by atoms with E-state index in [2.05, 4.69) is 20.6 Å². The SMILES string of the molecule is CCNC(=NCCCS(C)(=O)=O)NC(C)c1nc(C)c(C(=O)OCC)s1. The molecule has 148 valence electrons. The number of carbonyl (C=O) groups is 1. The number of hydrogen-bond donors (Lipinski definition) is 2. The zero-order chi connectivity index (χ0) is 19.7. The van der Waals surface area contributed by atoms with Crippen molar-refractivity contribution in [3.63, 3.8) is 0 Å². The standard InChI is InChI=1S/C16H28N4O4S2/c1-6-17-16(18-9-8-10-26(5,22)23)20-12(4)14-19-11(3)13(25-14)15(21)24-7-2/h12H,6-10H2,1-5H3,(H2,17,18,20). The molecule has 0 radical (unpaired) electrons. The number of aryl methyl sites for hydroxylation is 1. The van der Waals surface area contributed by atoms with Crippen LogP contribution in [0, 0.1) is 6.92 Å². The number of esters is 1. The molecule has 0 fully saturated rings. The Morgan fingerprint density at radius 1 is 1.38 bits per heavy atom. The summed E-state index contributed by atoms with van der Waals surface area (Å²) in [4.78, 5) is 21.3. The summed E-state index contributed by atoms with van der Waals surface area (Å²) in [5.41, 5.74) is 0.646. The number of aliphatic imine (C=N–C) groups is 1. The van der Waals surface area contributed by atoms with Crippen molar-refractivity contribution in [1.29, 1.82) is 0 Å². The van der Waals surface area contributed by atoms with Crippen LogP contribution < -0.4 is 10.6 Å². The molecule has 10 heteroatoms. The normalized spacial score (nSPS) is 13.3. The van der Waals surface area contributed by atoms with E-state index in [1.165, 1.54) is 17.6 Å². The molecular formula is C16H28N4O4S2. The van der Waals surface area contributed by atoms with Crippen LogP contribution in [0.25, 0.3) is 0 Å². The molecule has 2 N–H and O–H groups in total. The summed E-state index contributed by atoms with van der Waals surface area (Å²) < 4.78 is 27.4. The van der Waals surface area contributed by atoms with Gasteiger partial charge in [0.25, 0.3) is 0 Å². The largest absolute Gasteiger partial charge is 0.462 e. The number of ether oxygens (including phenoxy) is 1. The van der Waals surface area contributed by atoms with Gasteiger partial charge in [0.1, 0.15) is 19.7 Å². The summed E-state index contributed by atoms with van der Waals surface area (Å²) >= 11 is 1.30. The van der Waals surface area contributed by atoms with Gasteiger partial charge in [-0.05, 0) is 34.1 Å². The first kappa shape index (κ1) is 22.4. The number of aromatic nitrogens is 1. The van der Waals surface area contributed by atoms with Crippen molar-refractivity contribution >= 4 is 33.1 Å². The van der Waals surface area contributed by atoms with Gasteiger partial charge in [0.15, 0.2) is 5.96 Å². The minimum absolute atomic E-state index is 0.111. The van der Waals surface area contributed by atoms with Crippen LogP contribution in [-0.4, -0.2) is 57.0 Å². The van der Waals surface area contributed by atoms with E-state index in [9.17, 15) is 13.2 Å². The first-order valence-electron chi connectivity index (χ1n) is 8.54. The lowest BCUT2D eigenvalue weighted by Crippen LogP contribution is -2.38. The van der Waals surface area contributed by atoms with Crippen LogP contribution in [0.3, 0.4) is 0 Å². The Morgan fingerprint density at radius 3 is 2.65 bits per heavy atom. The summed E-state index contributed by atoms with van der Waals surface area (Å²) in [6.45, 7) is 8.83. The fourth-order valence-electron chi connectivity index (χ4n) is 2.09. The third kappa shape index (κ3) is 7.69. The van der Waals surface area contributed by atoms with E-state index in [0.717, 1.165) is 5.01 Å². The lowest BCUT2D eigenvalue weighted by molar-refractivity contribution is 0.0531. The molecule has 1 aromatic heterocycles. The smallest absolute Gasteiger partial charge is 0.350 e. The molecule has 26 heavy (non-hydrogen) atoms. The average Bonchev–Trinajstić information content (AvgIpc) is 2.93. The molecule has 1 atom stereocenters. The summed E-state index contributed by atoms with van der Waals surface area (Å²) in [5.74, 6) is 0.335. The molecule has 8 nitrogen and oxygen atoms in total. The molecule has 0 aliphatic rings. The maximum Gasteiger partial charge on any atom is 0.350 e. The highest BCUT2D eigenvalue weighted by atomic mass is 32.2. The molecule has 0 aromatic carbocycles. The highest BCUT2D eigenvalue weighted by Gasteiger charge is 2.20. The number of sulfone groups is 1. The second-order valence-electron chi connectivity index (χ2n) is 5.80. The Balaban J connectivity index is 2.76. The van der Waals surface area contributed by atoms with Crippen molar-refractivity contribution in [3.05, 3.63) is 15.6 Å². The number of hydrogen-bond acceptors (Lipinski definition) is 7. The quantitative estimate of drug-likeness (QED) is 0.279. The van der Waals surface area contributed by atoms with Crippen LogP contribution in [0.15, 0.2) is 4.99 Å². The lowest BCUT2D eigenvalue weighted by Gasteiger charge is -2.16. The first-order chi connectivity index (χ1) is 12.2. The van der Waals surface area contributed by atoms with E-state index >= 15 is 0 Å². The molecular weight excluding hydrogens is 376 g/mol. The van der Waals surface area contributed by atoms with E-state index in [1.807, 2.05) is 13.8 Å². The molecule has 0 aliphatic carbocycles. The predicted octanol–water partition coefficient (Wildman–Crippen LogP) is 1.68. The van der Waals surface area contributed by atoms with E-state index < -0.39 is 9.84 Å². The van der Waals surface area contributed by atoms with Crippen LogP contribution >= 0.6 is 11.3 Å². The van der Waals surface area contributed by atoms with Crippen molar-refractivity contribution in [2.24, 2.45) is 4.99 Å². The molecule has 0 amide bonds. The van der Waals surface area contributed by atoms with Gasteiger partial charge in [-0.3, -0.25) is 4.99 Å². The van der Waals surface area contributed by atoms with Gasteiger partial charge in [-0.2, -0.15) is 0 Å². The monoisotopic (exact) mass is 404 g/mol. The minimum atomic E-state index is -2.98. The van der Waals surface area contributed by atoms with Gasteiger partial charge in [0.05, 0.1) is 24.1 Å². The Bertz CT molecular complexity index is 729. The van der Waals surface area contributed by atoms with Crippen LogP contribution in [0.1, 0.15) is 53.6 Å². The molecule has 1 heterocycles. The van der Waals surface area contributed by atoms with Crippen LogP contribution in [0.2, 0.25) is 0 Å². The number of carbonyl (C=O) groups excluding carboxylic acids is 1. The van der Waals surface area contributed by atoms with Gasteiger partial charge in [-0.25, -0.2) is 18.2 Å². The maximum absolute atomic E-state index is 11.9. The number of nitrogens with zero attached hydrogens (tertiary/aromatic N) is 2. The number of rotatable bonds is 9. The number of guanidine groups is 1. The summed E-state index contributed by atoms with van der Waals surface area (Å²) in [7, 11) is -2.98. The highest BCUT2D eigenvalue weighted by molar-refractivity contribution is 7.90. The summed E-state index contributed by atoms with van der Waals surface area (Å²) in [6.07, 6.45) is 1.68. The third-order valence-electron chi connectivity index (χ3n) is 3.28. The van der Waals surface area contributed by atoms with Gasteiger partial charge in [0, 0.05) is 19.3 Å². The fourth-order valence-corrected chi connectivity index (χ4v) is 3.71. The van der Waals surface area contributed by atoms with Crippen molar-refractivity contribution < 1.29 is 17.9 Å². The average molecular weight is 405 g/mol. The minimum Gasteiger partial charge on any atom is -0.462 e. The van der Waals surface area contributed by atoms with Crippen molar-refractivity contribution in [3.8, 4) is 0 Å². The molecule has 0 saturated heterocycles. The van der Waals surface area contributed by atoms with Gasteiger partial charge >= 0.3 is 5.97 Å². The molecule has 0 bridgehead atoms. The Labute approximate surface area is 159 Å². The van der Waals surface area contributed by atoms with Crippen LogP contribution in [-0.2, 0) is 14.6 Å². The second kappa shape index (κ2) is 10.5. The highest BCUT2D eigenvalue weighted by Crippen LogP contribution is 2.24. The molecule has 0 saturated carbocycles. The van der Waals surface area contributed by atoms with E-state index in [4.69, 9.17) is 4.74 Å². The Kier molecular flexibility index (Phi) is 9.00.